The van der Waals surface area contributed by atoms with Gasteiger partial charge in [-0.05, 0) is 13.1 Å². The largest absolute Gasteiger partial charge is 0.329 e. The highest BCUT2D eigenvalue weighted by molar-refractivity contribution is 5.21. The summed E-state index contributed by atoms with van der Waals surface area (Å²) in [4.78, 5) is 2.28. The average molecular weight is 252 g/mol. The summed E-state index contributed by atoms with van der Waals surface area (Å²) in [5.41, 5.74) is 9.71. The maximum absolute atomic E-state index is 13.7. The molecule has 3 N–H and O–H groups in total. The van der Waals surface area contributed by atoms with Crippen molar-refractivity contribution in [3.8, 4) is 0 Å². The van der Waals surface area contributed by atoms with Crippen molar-refractivity contribution < 1.29 is 4.39 Å². The molecule has 2 rings (SSSR count). The lowest BCUT2D eigenvalue weighted by atomic mass is 10.1. The molecule has 1 heterocycles. The molecule has 0 amide bonds. The van der Waals surface area contributed by atoms with Crippen LogP contribution in [-0.2, 0) is 0 Å². The van der Waals surface area contributed by atoms with Gasteiger partial charge < -0.3 is 10.6 Å². The second-order valence-electron chi connectivity index (χ2n) is 4.73. The van der Waals surface area contributed by atoms with Crippen molar-refractivity contribution in [2.75, 3.05) is 39.8 Å². The van der Waals surface area contributed by atoms with Crippen LogP contribution in [0.25, 0.3) is 0 Å². The van der Waals surface area contributed by atoms with Gasteiger partial charge in [0, 0.05) is 38.3 Å². The van der Waals surface area contributed by atoms with E-state index in [0.29, 0.717) is 12.1 Å². The fourth-order valence-corrected chi connectivity index (χ4v) is 2.16. The van der Waals surface area contributed by atoms with Gasteiger partial charge in [-0.1, -0.05) is 18.2 Å². The third kappa shape index (κ3) is 3.26. The van der Waals surface area contributed by atoms with E-state index in [1.165, 1.54) is 6.07 Å². The molecule has 0 saturated carbocycles. The normalized spacial score (nSPS) is 19.9. The van der Waals surface area contributed by atoms with Crippen molar-refractivity contribution in [3.63, 3.8) is 0 Å². The molecule has 0 aromatic heterocycles. The summed E-state index contributed by atoms with van der Waals surface area (Å²) in [5.74, 6) is -0.199. The summed E-state index contributed by atoms with van der Waals surface area (Å²) in [6.45, 7) is 4.28. The molecule has 1 fully saturated rings. The highest BCUT2D eigenvalue weighted by Gasteiger charge is 2.19. The van der Waals surface area contributed by atoms with Gasteiger partial charge in [0.05, 0.1) is 6.04 Å². The van der Waals surface area contributed by atoms with Crippen LogP contribution in [0.2, 0.25) is 0 Å². The highest BCUT2D eigenvalue weighted by Crippen LogP contribution is 2.16. The fourth-order valence-electron chi connectivity index (χ4n) is 2.16. The zero-order valence-corrected chi connectivity index (χ0v) is 10.8. The summed E-state index contributed by atoms with van der Waals surface area (Å²) < 4.78 is 13.7. The molecule has 1 saturated heterocycles. The molecule has 0 aliphatic carbocycles. The number of hydrazine groups is 1. The SMILES string of the molecule is CN1CCN(NC(CN)c2ccccc2F)CC1. The first-order chi connectivity index (χ1) is 8.70. The number of halogens is 1. The number of nitrogens with zero attached hydrogens (tertiary/aromatic N) is 2. The van der Waals surface area contributed by atoms with Gasteiger partial charge in [-0.3, -0.25) is 0 Å². The zero-order valence-electron chi connectivity index (χ0n) is 10.8. The smallest absolute Gasteiger partial charge is 0.128 e. The Balaban J connectivity index is 1.99. The number of nitrogens with two attached hydrogens (primary N) is 1. The molecule has 1 aromatic rings. The van der Waals surface area contributed by atoms with E-state index in [1.54, 1.807) is 12.1 Å². The molecule has 1 unspecified atom stereocenters. The van der Waals surface area contributed by atoms with Gasteiger partial charge in [-0.25, -0.2) is 14.8 Å². The molecule has 0 radical (unpaired) electrons. The maximum Gasteiger partial charge on any atom is 0.128 e. The van der Waals surface area contributed by atoms with E-state index in [-0.39, 0.29) is 11.9 Å². The van der Waals surface area contributed by atoms with E-state index in [2.05, 4.69) is 22.4 Å². The second kappa shape index (κ2) is 6.24. The van der Waals surface area contributed by atoms with Gasteiger partial charge in [0.15, 0.2) is 0 Å². The first-order valence-corrected chi connectivity index (χ1v) is 6.35. The third-order valence-electron chi connectivity index (χ3n) is 3.36. The Labute approximate surface area is 108 Å². The lowest BCUT2D eigenvalue weighted by Crippen LogP contribution is -2.52. The molecule has 5 heteroatoms. The van der Waals surface area contributed by atoms with Crippen molar-refractivity contribution in [3.05, 3.63) is 35.6 Å². The molecule has 0 spiro atoms. The van der Waals surface area contributed by atoms with Crippen LogP contribution < -0.4 is 11.2 Å². The minimum absolute atomic E-state index is 0.158. The van der Waals surface area contributed by atoms with Crippen molar-refractivity contribution in [1.82, 2.24) is 15.3 Å². The van der Waals surface area contributed by atoms with Crippen LogP contribution in [0.5, 0.6) is 0 Å². The topological polar surface area (TPSA) is 44.5 Å². The number of hydrogen-bond donors (Lipinski definition) is 2. The van der Waals surface area contributed by atoms with Gasteiger partial charge in [-0.2, -0.15) is 0 Å². The first kappa shape index (κ1) is 13.4. The van der Waals surface area contributed by atoms with E-state index in [0.717, 1.165) is 26.2 Å². The Morgan fingerprint density at radius 2 is 1.94 bits per heavy atom. The minimum atomic E-state index is -0.199. The minimum Gasteiger partial charge on any atom is -0.329 e. The van der Waals surface area contributed by atoms with Crippen LogP contribution >= 0.6 is 0 Å². The molecular weight excluding hydrogens is 231 g/mol. The lowest BCUT2D eigenvalue weighted by Gasteiger charge is -2.35. The number of benzene rings is 1. The first-order valence-electron chi connectivity index (χ1n) is 6.35. The van der Waals surface area contributed by atoms with Crippen molar-refractivity contribution >= 4 is 0 Å². The molecule has 4 nitrogen and oxygen atoms in total. The highest BCUT2D eigenvalue weighted by atomic mass is 19.1. The Bertz CT molecular complexity index is 377. The van der Waals surface area contributed by atoms with Gasteiger partial charge in [-0.15, -0.1) is 0 Å². The Morgan fingerprint density at radius 1 is 1.28 bits per heavy atom. The van der Waals surface area contributed by atoms with Crippen LogP contribution in [0.4, 0.5) is 4.39 Å². The summed E-state index contributed by atoms with van der Waals surface area (Å²) in [6.07, 6.45) is 0. The summed E-state index contributed by atoms with van der Waals surface area (Å²) >= 11 is 0. The predicted molar refractivity (Wildman–Crippen MR) is 70.4 cm³/mol. The summed E-state index contributed by atoms with van der Waals surface area (Å²) in [5, 5.41) is 2.13. The fraction of sp³-hybridized carbons (Fsp3) is 0.538. The van der Waals surface area contributed by atoms with E-state index < -0.39 is 0 Å². The molecular formula is C13H21FN4. The predicted octanol–water partition coefficient (Wildman–Crippen LogP) is 0.578. The standard InChI is InChI=1S/C13H21FN4/c1-17-6-8-18(9-7-17)16-13(10-15)11-4-2-3-5-12(11)14/h2-5,13,16H,6-10,15H2,1H3. The second-order valence-corrected chi connectivity index (χ2v) is 4.73. The molecule has 1 atom stereocenters. The van der Waals surface area contributed by atoms with Crippen LogP contribution in [0.1, 0.15) is 11.6 Å². The van der Waals surface area contributed by atoms with E-state index in [9.17, 15) is 4.39 Å². The lowest BCUT2D eigenvalue weighted by molar-refractivity contribution is 0.0873. The van der Waals surface area contributed by atoms with Gasteiger partial charge in [0.2, 0.25) is 0 Å². The molecule has 100 valence electrons. The Morgan fingerprint density at radius 3 is 2.56 bits per heavy atom. The average Bonchev–Trinajstić information content (AvgIpc) is 2.39. The van der Waals surface area contributed by atoms with Gasteiger partial charge >= 0.3 is 0 Å². The summed E-state index contributed by atoms with van der Waals surface area (Å²) in [7, 11) is 2.11. The van der Waals surface area contributed by atoms with Crippen molar-refractivity contribution in [1.29, 1.82) is 0 Å². The quantitative estimate of drug-likeness (QED) is 0.822. The number of hydrogen-bond acceptors (Lipinski definition) is 4. The Hall–Kier alpha value is -1.01. The van der Waals surface area contributed by atoms with Crippen LogP contribution in [0.3, 0.4) is 0 Å². The zero-order chi connectivity index (χ0) is 13.0. The summed E-state index contributed by atoms with van der Waals surface area (Å²) in [6, 6.07) is 6.64. The Kier molecular flexibility index (Phi) is 4.66. The number of piperazine rings is 1. The molecule has 1 aliphatic heterocycles. The number of likely N-dealkylation sites (N-methyl/N-ethyl adjacent to an activating group) is 1. The molecule has 0 bridgehead atoms. The van der Waals surface area contributed by atoms with E-state index >= 15 is 0 Å². The van der Waals surface area contributed by atoms with E-state index in [4.69, 9.17) is 5.73 Å². The van der Waals surface area contributed by atoms with E-state index in [1.807, 2.05) is 6.07 Å². The van der Waals surface area contributed by atoms with Crippen LogP contribution in [0, 0.1) is 5.82 Å². The van der Waals surface area contributed by atoms with Crippen LogP contribution in [-0.4, -0.2) is 49.7 Å². The molecule has 1 aromatic carbocycles. The number of nitrogens with one attached hydrogen (secondary N) is 1. The maximum atomic E-state index is 13.7. The number of rotatable bonds is 4. The third-order valence-corrected chi connectivity index (χ3v) is 3.36. The molecule has 18 heavy (non-hydrogen) atoms. The van der Waals surface area contributed by atoms with Crippen molar-refractivity contribution in [2.45, 2.75) is 6.04 Å². The van der Waals surface area contributed by atoms with Crippen LogP contribution in [0.15, 0.2) is 24.3 Å². The van der Waals surface area contributed by atoms with Crippen molar-refractivity contribution in [2.24, 2.45) is 5.73 Å². The monoisotopic (exact) mass is 252 g/mol. The molecule has 1 aliphatic rings. The van der Waals surface area contributed by atoms with Gasteiger partial charge in [0.25, 0.3) is 0 Å². The van der Waals surface area contributed by atoms with Gasteiger partial charge in [0.1, 0.15) is 5.82 Å².